The zero-order valence-electron chi connectivity index (χ0n) is 14.3. The molecule has 1 fully saturated rings. The monoisotopic (exact) mass is 356 g/mol. The number of nitrogens with one attached hydrogen (secondary N) is 1. The maximum Gasteiger partial charge on any atom is 0.255 e. The summed E-state index contributed by atoms with van der Waals surface area (Å²) in [4.78, 5) is 23.8. The van der Waals surface area contributed by atoms with Crippen LogP contribution in [-0.2, 0) is 15.0 Å². The van der Waals surface area contributed by atoms with Crippen LogP contribution < -0.4 is 15.8 Å². The number of primary amides is 1. The van der Waals surface area contributed by atoms with Gasteiger partial charge in [0.05, 0.1) is 5.41 Å². The summed E-state index contributed by atoms with van der Waals surface area (Å²) < 4.78 is 18.5. The fourth-order valence-electron chi connectivity index (χ4n) is 3.43. The van der Waals surface area contributed by atoms with Crippen molar-refractivity contribution < 1.29 is 18.7 Å². The van der Waals surface area contributed by atoms with E-state index in [0.717, 1.165) is 31.2 Å². The highest BCUT2D eigenvalue weighted by molar-refractivity contribution is 5.99. The number of amides is 2. The molecule has 0 aliphatic heterocycles. The molecule has 0 atom stereocenters. The number of nitrogens with two attached hydrogens (primary N) is 1. The Morgan fingerprint density at radius 3 is 2.23 bits per heavy atom. The number of hydrogen-bond donors (Lipinski definition) is 2. The Morgan fingerprint density at radius 2 is 1.65 bits per heavy atom. The van der Waals surface area contributed by atoms with Crippen molar-refractivity contribution in [1.29, 1.82) is 0 Å². The molecule has 0 aromatic heterocycles. The van der Waals surface area contributed by atoms with E-state index >= 15 is 0 Å². The van der Waals surface area contributed by atoms with Crippen LogP contribution in [0.5, 0.6) is 5.75 Å². The van der Waals surface area contributed by atoms with Gasteiger partial charge in [0.1, 0.15) is 11.6 Å². The molecular weight excluding hydrogens is 335 g/mol. The van der Waals surface area contributed by atoms with Crippen molar-refractivity contribution in [2.24, 2.45) is 5.73 Å². The largest absolute Gasteiger partial charge is 0.484 e. The third-order valence-corrected chi connectivity index (χ3v) is 4.78. The number of anilines is 1. The SMILES string of the molecule is NC(=O)COc1ccc(NC(=O)C2(c3ccc(F)cc3)CCCC2)cc1. The molecule has 136 valence electrons. The number of halogens is 1. The number of carbonyl (C=O) groups is 2. The number of ether oxygens (including phenoxy) is 1. The van der Waals surface area contributed by atoms with Gasteiger partial charge in [0.15, 0.2) is 6.61 Å². The number of hydrogen-bond acceptors (Lipinski definition) is 3. The summed E-state index contributed by atoms with van der Waals surface area (Å²) in [6, 6.07) is 12.9. The lowest BCUT2D eigenvalue weighted by atomic mass is 9.78. The third kappa shape index (κ3) is 3.85. The Hall–Kier alpha value is -2.89. The first-order valence-electron chi connectivity index (χ1n) is 8.58. The molecule has 5 nitrogen and oxygen atoms in total. The van der Waals surface area contributed by atoms with Crippen LogP contribution in [0.15, 0.2) is 48.5 Å². The van der Waals surface area contributed by atoms with Gasteiger partial charge in [-0.2, -0.15) is 0 Å². The molecular formula is C20H21FN2O3. The summed E-state index contributed by atoms with van der Waals surface area (Å²) >= 11 is 0. The van der Waals surface area contributed by atoms with Gasteiger partial charge in [-0.05, 0) is 54.8 Å². The zero-order chi connectivity index (χ0) is 18.6. The molecule has 26 heavy (non-hydrogen) atoms. The van der Waals surface area contributed by atoms with E-state index in [1.54, 1.807) is 36.4 Å². The molecule has 1 aliphatic rings. The quantitative estimate of drug-likeness (QED) is 0.834. The Bertz CT molecular complexity index is 782. The molecule has 1 saturated carbocycles. The van der Waals surface area contributed by atoms with Gasteiger partial charge in [0, 0.05) is 5.69 Å². The zero-order valence-corrected chi connectivity index (χ0v) is 14.3. The molecule has 3 N–H and O–H groups in total. The van der Waals surface area contributed by atoms with Crippen molar-refractivity contribution in [3.63, 3.8) is 0 Å². The molecule has 0 saturated heterocycles. The highest BCUT2D eigenvalue weighted by Crippen LogP contribution is 2.42. The topological polar surface area (TPSA) is 81.4 Å². The highest BCUT2D eigenvalue weighted by atomic mass is 19.1. The van der Waals surface area contributed by atoms with Crippen molar-refractivity contribution in [2.75, 3.05) is 11.9 Å². The molecule has 6 heteroatoms. The molecule has 0 radical (unpaired) electrons. The van der Waals surface area contributed by atoms with Gasteiger partial charge in [-0.1, -0.05) is 25.0 Å². The van der Waals surface area contributed by atoms with Crippen LogP contribution >= 0.6 is 0 Å². The van der Waals surface area contributed by atoms with Crippen LogP contribution in [0.25, 0.3) is 0 Å². The summed E-state index contributed by atoms with van der Waals surface area (Å²) in [5, 5.41) is 2.95. The van der Waals surface area contributed by atoms with Crippen LogP contribution in [0.4, 0.5) is 10.1 Å². The minimum absolute atomic E-state index is 0.0904. The second kappa shape index (κ2) is 7.56. The molecule has 0 spiro atoms. The van der Waals surface area contributed by atoms with Gasteiger partial charge in [-0.15, -0.1) is 0 Å². The van der Waals surface area contributed by atoms with Gasteiger partial charge >= 0.3 is 0 Å². The highest BCUT2D eigenvalue weighted by Gasteiger charge is 2.42. The molecule has 2 aromatic carbocycles. The first-order chi connectivity index (χ1) is 12.5. The average Bonchev–Trinajstić information content (AvgIpc) is 3.13. The molecule has 0 bridgehead atoms. The Balaban J connectivity index is 1.74. The van der Waals surface area contributed by atoms with E-state index in [-0.39, 0.29) is 18.3 Å². The smallest absolute Gasteiger partial charge is 0.255 e. The molecule has 0 heterocycles. The van der Waals surface area contributed by atoms with Crippen LogP contribution in [0.1, 0.15) is 31.2 Å². The molecule has 3 rings (SSSR count). The average molecular weight is 356 g/mol. The first kappa shape index (κ1) is 17.9. The van der Waals surface area contributed by atoms with Gasteiger partial charge < -0.3 is 15.8 Å². The predicted molar refractivity (Wildman–Crippen MR) is 96.3 cm³/mol. The van der Waals surface area contributed by atoms with E-state index in [4.69, 9.17) is 10.5 Å². The number of carbonyl (C=O) groups excluding carboxylic acids is 2. The van der Waals surface area contributed by atoms with Gasteiger partial charge in [0.25, 0.3) is 5.91 Å². The lowest BCUT2D eigenvalue weighted by Gasteiger charge is -2.28. The van der Waals surface area contributed by atoms with Gasteiger partial charge in [-0.25, -0.2) is 4.39 Å². The van der Waals surface area contributed by atoms with E-state index in [2.05, 4.69) is 5.32 Å². The Kier molecular flexibility index (Phi) is 5.21. The third-order valence-electron chi connectivity index (χ3n) is 4.78. The number of benzene rings is 2. The maximum atomic E-state index is 13.3. The standard InChI is InChI=1S/C20H21FN2O3/c21-15-5-3-14(4-6-15)20(11-1-2-12-20)19(25)23-16-7-9-17(10-8-16)26-13-18(22)24/h3-10H,1-2,11-13H2,(H2,22,24)(H,23,25). The summed E-state index contributed by atoms with van der Waals surface area (Å²) in [5.74, 6) is -0.456. The Labute approximate surface area is 151 Å². The molecule has 2 amide bonds. The van der Waals surface area contributed by atoms with Gasteiger partial charge in [0.2, 0.25) is 5.91 Å². The summed E-state index contributed by atoms with van der Waals surface area (Å²) in [7, 11) is 0. The fraction of sp³-hybridized carbons (Fsp3) is 0.300. The minimum Gasteiger partial charge on any atom is -0.484 e. The van der Waals surface area contributed by atoms with E-state index in [1.807, 2.05) is 0 Å². The summed E-state index contributed by atoms with van der Waals surface area (Å²) in [5.41, 5.74) is 5.89. The maximum absolute atomic E-state index is 13.3. The second-order valence-electron chi connectivity index (χ2n) is 6.53. The fourth-order valence-corrected chi connectivity index (χ4v) is 3.43. The second-order valence-corrected chi connectivity index (χ2v) is 6.53. The number of rotatable bonds is 6. The van der Waals surface area contributed by atoms with Crippen LogP contribution in [0, 0.1) is 5.82 Å². The molecule has 1 aliphatic carbocycles. The van der Waals surface area contributed by atoms with Gasteiger partial charge in [-0.3, -0.25) is 9.59 Å². The van der Waals surface area contributed by atoms with E-state index < -0.39 is 11.3 Å². The van der Waals surface area contributed by atoms with Crippen molar-refractivity contribution in [3.05, 3.63) is 59.9 Å². The summed E-state index contributed by atoms with van der Waals surface area (Å²) in [6.45, 7) is -0.195. The lowest BCUT2D eigenvalue weighted by Crippen LogP contribution is -2.38. The van der Waals surface area contributed by atoms with E-state index in [0.29, 0.717) is 11.4 Å². The van der Waals surface area contributed by atoms with Crippen LogP contribution in [0.3, 0.4) is 0 Å². The predicted octanol–water partition coefficient (Wildman–Crippen LogP) is 3.14. The van der Waals surface area contributed by atoms with Crippen molar-refractivity contribution in [1.82, 2.24) is 0 Å². The van der Waals surface area contributed by atoms with Crippen LogP contribution in [0.2, 0.25) is 0 Å². The van der Waals surface area contributed by atoms with Crippen molar-refractivity contribution in [3.8, 4) is 5.75 Å². The van der Waals surface area contributed by atoms with Crippen LogP contribution in [-0.4, -0.2) is 18.4 Å². The first-order valence-corrected chi connectivity index (χ1v) is 8.58. The minimum atomic E-state index is -0.630. The molecule has 0 unspecified atom stereocenters. The normalized spacial score (nSPS) is 15.4. The van der Waals surface area contributed by atoms with E-state index in [1.165, 1.54) is 12.1 Å². The van der Waals surface area contributed by atoms with Crippen molar-refractivity contribution in [2.45, 2.75) is 31.1 Å². The summed E-state index contributed by atoms with van der Waals surface area (Å²) in [6.07, 6.45) is 3.41. The Morgan fingerprint density at radius 1 is 1.04 bits per heavy atom. The van der Waals surface area contributed by atoms with E-state index in [9.17, 15) is 14.0 Å². The molecule has 2 aromatic rings. The lowest BCUT2D eigenvalue weighted by molar-refractivity contribution is -0.121. The van der Waals surface area contributed by atoms with Crippen molar-refractivity contribution >= 4 is 17.5 Å².